The third-order valence-electron chi connectivity index (χ3n) is 16.8. The SMILES string of the molecule is CC[C@H]1OC(=O)[C@H](C)[C@@H](O[C@H]2C[C@@](C)(OC)[C@@H](O)[C@H](C)O2)[C@H](C)[C@@H](O[C@@H]2O[C@H](C)C[C@H](N(C)Cc3cc(OC)c(OC)c(OC)c3)[C@H]2O)[C@@](C)(OC)C[C@@H](C)/C(=N\OC/C=C/CN2CCN(C)CC2)[C@H](C)[C@@H](O)[C@]1(C)O. The number of likely N-dealkylation sites (N-methyl/N-ethyl adjacent to an activating group) is 2. The first kappa shape index (κ1) is 63.6. The lowest BCUT2D eigenvalue weighted by Crippen LogP contribution is -2.61. The summed E-state index contributed by atoms with van der Waals surface area (Å²) in [6, 6.07) is 3.28. The summed E-state index contributed by atoms with van der Waals surface area (Å²) in [4.78, 5) is 27.5. The lowest BCUT2D eigenvalue weighted by atomic mass is 9.73. The van der Waals surface area contributed by atoms with Crippen molar-refractivity contribution in [3.63, 3.8) is 0 Å². The van der Waals surface area contributed by atoms with Crippen LogP contribution >= 0.6 is 0 Å². The van der Waals surface area contributed by atoms with Crippen molar-refractivity contribution in [2.45, 2.75) is 186 Å². The molecule has 1 aromatic rings. The Labute approximate surface area is 453 Å². The van der Waals surface area contributed by atoms with Gasteiger partial charge in [0.15, 0.2) is 24.1 Å². The third-order valence-corrected chi connectivity index (χ3v) is 16.8. The van der Waals surface area contributed by atoms with Gasteiger partial charge in [-0.3, -0.25) is 14.6 Å². The number of nitrogens with zero attached hydrogens (tertiary/aromatic N) is 4. The van der Waals surface area contributed by atoms with Crippen LogP contribution in [-0.2, 0) is 49.3 Å². The van der Waals surface area contributed by atoms with Crippen LogP contribution in [0.15, 0.2) is 29.4 Å². The lowest BCUT2D eigenvalue weighted by Gasteiger charge is -2.50. The number of piperazine rings is 1. The Kier molecular flexibility index (Phi) is 23.2. The zero-order valence-electron chi connectivity index (χ0n) is 48.7. The molecule has 4 saturated heterocycles. The fourth-order valence-electron chi connectivity index (χ4n) is 11.8. The van der Waals surface area contributed by atoms with Gasteiger partial charge in [0, 0.05) is 83.7 Å². The molecule has 0 radical (unpaired) electrons. The normalized spacial score (nSPS) is 39.5. The number of aliphatic hydroxyl groups is 4. The second-order valence-corrected chi connectivity index (χ2v) is 22.6. The van der Waals surface area contributed by atoms with Gasteiger partial charge in [-0.2, -0.15) is 0 Å². The molecule has 4 aliphatic heterocycles. The topological polar surface area (TPSA) is 222 Å². The van der Waals surface area contributed by atoms with Gasteiger partial charge >= 0.3 is 5.97 Å². The van der Waals surface area contributed by atoms with Crippen molar-refractivity contribution >= 4 is 11.7 Å². The van der Waals surface area contributed by atoms with Gasteiger partial charge in [-0.05, 0) is 98.7 Å². The van der Waals surface area contributed by atoms with Crippen LogP contribution in [0.2, 0.25) is 0 Å². The molecule has 4 heterocycles. The Morgan fingerprint density at radius 3 is 2.04 bits per heavy atom. The molecular weight excluding hydrogens is 985 g/mol. The van der Waals surface area contributed by atoms with E-state index in [0.29, 0.717) is 35.9 Å². The smallest absolute Gasteiger partial charge is 0.311 e. The summed E-state index contributed by atoms with van der Waals surface area (Å²) in [5.74, 6) is -2.37. The molecule has 20 heteroatoms. The van der Waals surface area contributed by atoms with E-state index in [0.717, 1.165) is 38.3 Å². The van der Waals surface area contributed by atoms with Crippen molar-refractivity contribution in [1.82, 2.24) is 14.7 Å². The second-order valence-electron chi connectivity index (χ2n) is 22.6. The van der Waals surface area contributed by atoms with Gasteiger partial charge in [-0.25, -0.2) is 0 Å². The molecule has 4 aliphatic rings. The first-order chi connectivity index (χ1) is 35.8. The highest BCUT2D eigenvalue weighted by Gasteiger charge is 2.54. The molecule has 1 aromatic carbocycles. The molecule has 4 fully saturated rings. The summed E-state index contributed by atoms with van der Waals surface area (Å²) in [6.07, 6.45) is -5.29. The first-order valence-corrected chi connectivity index (χ1v) is 27.3. The van der Waals surface area contributed by atoms with Gasteiger partial charge in [-0.1, -0.05) is 38.9 Å². The lowest BCUT2D eigenvalue weighted by molar-refractivity contribution is -0.319. The molecule has 5 rings (SSSR count). The Hall–Kier alpha value is -3.22. The van der Waals surface area contributed by atoms with E-state index < -0.39 is 108 Å². The molecule has 18 atom stereocenters. The summed E-state index contributed by atoms with van der Waals surface area (Å²) in [5.41, 5.74) is -3.01. The molecule has 0 saturated carbocycles. The molecule has 0 unspecified atom stereocenters. The monoisotopic (exact) mass is 1080 g/mol. The van der Waals surface area contributed by atoms with E-state index in [2.05, 4.69) is 22.9 Å². The molecule has 436 valence electrons. The van der Waals surface area contributed by atoms with Crippen molar-refractivity contribution in [3.05, 3.63) is 29.8 Å². The maximum Gasteiger partial charge on any atom is 0.311 e. The maximum absolute atomic E-state index is 14.8. The van der Waals surface area contributed by atoms with Crippen LogP contribution in [0.3, 0.4) is 0 Å². The minimum atomic E-state index is -1.95. The van der Waals surface area contributed by atoms with E-state index in [1.807, 2.05) is 57.9 Å². The number of ether oxygens (including phenoxy) is 10. The third kappa shape index (κ3) is 15.0. The van der Waals surface area contributed by atoms with Gasteiger partial charge in [0.1, 0.15) is 30.5 Å². The number of rotatable bonds is 18. The Balaban J connectivity index is 1.59. The number of hydrogen-bond acceptors (Lipinski definition) is 20. The summed E-state index contributed by atoms with van der Waals surface area (Å²) in [6.45, 7) is 23.2. The average molecular weight is 1080 g/mol. The highest BCUT2D eigenvalue weighted by molar-refractivity contribution is 5.88. The predicted molar refractivity (Wildman–Crippen MR) is 286 cm³/mol. The van der Waals surface area contributed by atoms with Gasteiger partial charge in [-0.15, -0.1) is 0 Å². The number of esters is 1. The van der Waals surface area contributed by atoms with Crippen molar-refractivity contribution in [3.8, 4) is 17.2 Å². The number of carbonyl (C=O) groups excluding carboxylic acids is 1. The summed E-state index contributed by atoms with van der Waals surface area (Å²) >= 11 is 0. The highest BCUT2D eigenvalue weighted by Crippen LogP contribution is 2.43. The van der Waals surface area contributed by atoms with Crippen molar-refractivity contribution in [2.24, 2.45) is 28.8 Å². The highest BCUT2D eigenvalue weighted by atomic mass is 16.7. The zero-order valence-corrected chi connectivity index (χ0v) is 48.7. The van der Waals surface area contributed by atoms with E-state index in [1.165, 1.54) is 14.0 Å². The predicted octanol–water partition coefficient (Wildman–Crippen LogP) is 4.64. The van der Waals surface area contributed by atoms with Gasteiger partial charge in [0.25, 0.3) is 0 Å². The molecular formula is C56H96N4O16. The van der Waals surface area contributed by atoms with Crippen LogP contribution in [0, 0.1) is 23.7 Å². The Morgan fingerprint density at radius 1 is 0.829 bits per heavy atom. The van der Waals surface area contributed by atoms with Crippen LogP contribution in [0.5, 0.6) is 17.2 Å². The summed E-state index contributed by atoms with van der Waals surface area (Å²) < 4.78 is 62.7. The van der Waals surface area contributed by atoms with E-state index in [-0.39, 0.29) is 32.0 Å². The summed E-state index contributed by atoms with van der Waals surface area (Å²) in [7, 11) is 11.8. The van der Waals surface area contributed by atoms with E-state index in [1.54, 1.807) is 63.1 Å². The molecule has 0 spiro atoms. The van der Waals surface area contributed by atoms with Crippen molar-refractivity contribution < 1.29 is 77.4 Å². The van der Waals surface area contributed by atoms with Crippen LogP contribution in [0.25, 0.3) is 0 Å². The average Bonchev–Trinajstić information content (AvgIpc) is 3.39. The van der Waals surface area contributed by atoms with Crippen molar-refractivity contribution in [1.29, 1.82) is 0 Å². The van der Waals surface area contributed by atoms with Gasteiger partial charge in [0.05, 0.1) is 74.7 Å². The minimum absolute atomic E-state index is 0.104. The largest absolute Gasteiger partial charge is 0.493 e. The number of aliphatic hydroxyl groups excluding tert-OH is 3. The fraction of sp³-hybridized carbons (Fsp3) is 0.821. The molecule has 0 amide bonds. The maximum atomic E-state index is 14.8. The number of hydrogen-bond donors (Lipinski definition) is 4. The van der Waals surface area contributed by atoms with Crippen molar-refractivity contribution in [2.75, 3.05) is 89.0 Å². The number of oxime groups is 1. The molecule has 0 aromatic heterocycles. The standard InChI is InChI=1S/C56H96N4O16/c1-18-43-56(10,65)49(62)35(4)45(57-71-26-20-19-21-60-24-22-58(11)23-25-60)33(2)30-55(9,70-17)51(36(5)47(37(6)52(64)74-43)75-44-31-54(8,69-16)50(63)38(7)73-44)76-53-46(61)40(27-34(3)72-53)59(12)32-39-28-41(66-13)48(68-15)42(29-39)67-14/h19-20,28-29,33-38,40,43-44,46-47,49-51,53,61-63,65H,18,21-27,30-32H2,1-17H3/b20-19+,57-45+/t33-,34-,35+,36+,37-,38+,40+,43-,44+,46-,47+,49-,50+,51-,53+,54-,55+,56-/m1/s1. The van der Waals surface area contributed by atoms with Crippen LogP contribution < -0.4 is 14.2 Å². The minimum Gasteiger partial charge on any atom is -0.493 e. The molecule has 4 N–H and O–H groups in total. The Morgan fingerprint density at radius 2 is 1.46 bits per heavy atom. The molecule has 0 bridgehead atoms. The van der Waals surface area contributed by atoms with Crippen LogP contribution in [0.4, 0.5) is 0 Å². The Bertz CT molecular complexity index is 2020. The quantitative estimate of drug-likeness (QED) is 0.0681. The number of carbonyl (C=O) groups is 1. The van der Waals surface area contributed by atoms with E-state index in [9.17, 15) is 25.2 Å². The molecule has 76 heavy (non-hydrogen) atoms. The van der Waals surface area contributed by atoms with Crippen LogP contribution in [-0.4, -0.2) is 220 Å². The van der Waals surface area contributed by atoms with E-state index in [4.69, 9.17) is 57.4 Å². The first-order valence-electron chi connectivity index (χ1n) is 27.3. The van der Waals surface area contributed by atoms with Gasteiger partial charge < -0.3 is 77.5 Å². The molecule has 20 nitrogen and oxygen atoms in total. The number of methoxy groups -OCH3 is 5. The molecule has 0 aliphatic carbocycles. The van der Waals surface area contributed by atoms with Crippen LogP contribution in [0.1, 0.15) is 100 Å². The van der Waals surface area contributed by atoms with Gasteiger partial charge in [0.2, 0.25) is 5.75 Å². The fourth-order valence-corrected chi connectivity index (χ4v) is 11.8. The number of benzene rings is 1. The van der Waals surface area contributed by atoms with E-state index >= 15 is 0 Å². The number of cyclic esters (lactones) is 1. The second kappa shape index (κ2) is 27.8. The zero-order chi connectivity index (χ0) is 56.4. The summed E-state index contributed by atoms with van der Waals surface area (Å²) in [5, 5.41) is 53.0.